The summed E-state index contributed by atoms with van der Waals surface area (Å²) in [6.45, 7) is 0. The molecule has 1 aromatic carbocycles. The van der Waals surface area contributed by atoms with Crippen LogP contribution in [0.5, 0.6) is 0 Å². The van der Waals surface area contributed by atoms with E-state index in [-0.39, 0.29) is 12.5 Å². The number of anilines is 1. The Kier molecular flexibility index (Phi) is 4.90. The smallest absolute Gasteiger partial charge is 0.337 e. The Hall–Kier alpha value is -2.64. The van der Waals surface area contributed by atoms with Gasteiger partial charge in [0.15, 0.2) is 23.2 Å². The van der Waals surface area contributed by atoms with Gasteiger partial charge in [-0.2, -0.15) is 12.7 Å². The molecule has 3 aromatic rings. The Labute approximate surface area is 178 Å². The minimum atomic E-state index is -4.51. The first kappa shape index (κ1) is 20.3. The average molecular weight is 446 g/mol. The van der Waals surface area contributed by atoms with Crippen molar-refractivity contribution < 1.29 is 22.8 Å². The van der Waals surface area contributed by atoms with E-state index in [2.05, 4.69) is 32.4 Å². The van der Waals surface area contributed by atoms with E-state index in [0.717, 1.165) is 19.9 Å². The van der Waals surface area contributed by atoms with Crippen LogP contribution < -0.4 is 5.32 Å². The van der Waals surface area contributed by atoms with Crippen LogP contribution in [0.2, 0.25) is 0 Å². The highest BCUT2D eigenvalue weighted by atomic mass is 32.2. The monoisotopic (exact) mass is 446 g/mol. The number of aliphatic hydroxyl groups is 1. The van der Waals surface area contributed by atoms with Gasteiger partial charge in [0, 0.05) is 13.5 Å². The second-order valence-electron chi connectivity index (χ2n) is 7.76. The Morgan fingerprint density at radius 2 is 2.06 bits per heavy atom. The first-order chi connectivity index (χ1) is 14.8. The first-order valence-electron chi connectivity index (χ1n) is 9.89. The van der Waals surface area contributed by atoms with Crippen LogP contribution in [-0.4, -0.2) is 61.3 Å². The molecule has 0 radical (unpaired) electrons. The third kappa shape index (κ3) is 3.55. The Morgan fingerprint density at radius 3 is 2.87 bits per heavy atom. The van der Waals surface area contributed by atoms with Crippen molar-refractivity contribution >= 4 is 27.3 Å². The lowest BCUT2D eigenvalue weighted by molar-refractivity contribution is -0.0686. The maximum absolute atomic E-state index is 11.4. The molecule has 1 fully saturated rings. The fraction of sp³-hybridized carbons (Fsp3) is 0.421. The van der Waals surface area contributed by atoms with Gasteiger partial charge >= 0.3 is 10.3 Å². The topological polar surface area (TPSA) is 143 Å². The van der Waals surface area contributed by atoms with Crippen molar-refractivity contribution in [2.75, 3.05) is 12.4 Å². The van der Waals surface area contributed by atoms with Crippen LogP contribution in [0.15, 0.2) is 36.9 Å². The van der Waals surface area contributed by atoms with Gasteiger partial charge in [0.1, 0.15) is 12.6 Å². The second-order valence-corrected chi connectivity index (χ2v) is 9.23. The lowest BCUT2D eigenvalue weighted by Crippen LogP contribution is -2.42. The highest BCUT2D eigenvalue weighted by Gasteiger charge is 2.41. The Bertz CT molecular complexity index is 1230. The number of ether oxygens (including phenoxy) is 1. The van der Waals surface area contributed by atoms with Crippen molar-refractivity contribution in [3.63, 3.8) is 0 Å². The van der Waals surface area contributed by atoms with Crippen LogP contribution in [0.1, 0.15) is 36.2 Å². The quantitative estimate of drug-likeness (QED) is 0.494. The predicted octanol–water partition coefficient (Wildman–Crippen LogP) is 1.27. The van der Waals surface area contributed by atoms with Gasteiger partial charge in [-0.1, -0.05) is 24.3 Å². The van der Waals surface area contributed by atoms with E-state index in [4.69, 9.17) is 4.74 Å². The maximum atomic E-state index is 11.4. The molecule has 1 saturated heterocycles. The molecule has 31 heavy (non-hydrogen) atoms. The molecule has 4 atom stereocenters. The number of nitrogens with one attached hydrogen (secondary N) is 1. The van der Waals surface area contributed by atoms with Crippen LogP contribution >= 0.6 is 0 Å². The zero-order valence-electron chi connectivity index (χ0n) is 16.7. The first-order valence-corrected chi connectivity index (χ1v) is 11.3. The van der Waals surface area contributed by atoms with Gasteiger partial charge < -0.3 is 15.2 Å². The third-order valence-corrected chi connectivity index (χ3v) is 6.84. The largest absolute Gasteiger partial charge is 0.389 e. The summed E-state index contributed by atoms with van der Waals surface area (Å²) in [5, 5.41) is 13.7. The van der Waals surface area contributed by atoms with Crippen molar-refractivity contribution in [2.45, 2.75) is 43.9 Å². The number of aromatic nitrogens is 4. The summed E-state index contributed by atoms with van der Waals surface area (Å²) in [6.07, 6.45) is 1.97. The summed E-state index contributed by atoms with van der Waals surface area (Å²) < 4.78 is 40.0. The van der Waals surface area contributed by atoms with E-state index >= 15 is 0 Å². The molecule has 1 aliphatic heterocycles. The maximum Gasteiger partial charge on any atom is 0.337 e. The van der Waals surface area contributed by atoms with Crippen molar-refractivity contribution in [2.24, 2.45) is 0 Å². The van der Waals surface area contributed by atoms with Gasteiger partial charge in [-0.3, -0.25) is 9.12 Å². The molecular formula is C19H22N6O5S. The van der Waals surface area contributed by atoms with Gasteiger partial charge in [0.2, 0.25) is 0 Å². The SMILES string of the molecule is CN([C@@H]1O[C@@H](n2cnc3c(N[C@H]4CCc5ccccc54)ncnc32)C[C@@H]1O)S(=O)(=O)O. The third-order valence-electron chi connectivity index (χ3n) is 5.90. The van der Waals surface area contributed by atoms with Crippen LogP contribution in [0, 0.1) is 0 Å². The summed E-state index contributed by atoms with van der Waals surface area (Å²) in [5.74, 6) is 0.593. The standard InChI is InChI=1S/C19H22N6O5S/c1-24(31(27,28)29)19-14(26)8-15(30-19)25-10-22-16-17(20-9-21-18(16)25)23-13-7-6-11-4-2-3-5-12(11)13/h2-5,9-10,13-15,19,26H,6-8H2,1H3,(H,20,21,23)(H,27,28,29)/t13-,14-,15+,19+/m0/s1. The van der Waals surface area contributed by atoms with Crippen molar-refractivity contribution in [3.8, 4) is 0 Å². The van der Waals surface area contributed by atoms with Crippen molar-refractivity contribution in [1.29, 1.82) is 0 Å². The number of nitrogens with zero attached hydrogens (tertiary/aromatic N) is 5. The molecule has 2 aromatic heterocycles. The number of likely N-dealkylation sites (N-methyl/N-ethyl adjacent to an activating group) is 1. The molecule has 1 aliphatic carbocycles. The number of hydrogen-bond acceptors (Lipinski definition) is 8. The summed E-state index contributed by atoms with van der Waals surface area (Å²) >= 11 is 0. The molecule has 12 heteroatoms. The molecule has 164 valence electrons. The predicted molar refractivity (Wildman–Crippen MR) is 110 cm³/mol. The van der Waals surface area contributed by atoms with E-state index in [9.17, 15) is 18.1 Å². The van der Waals surface area contributed by atoms with Crippen LogP contribution in [0.4, 0.5) is 5.82 Å². The molecule has 5 rings (SSSR count). The molecule has 3 N–H and O–H groups in total. The van der Waals surface area contributed by atoms with Crippen LogP contribution in [0.25, 0.3) is 11.2 Å². The van der Waals surface area contributed by atoms with Crippen LogP contribution in [-0.2, 0) is 21.5 Å². The normalized spacial score (nSPS) is 25.9. The van der Waals surface area contributed by atoms with Gasteiger partial charge in [-0.05, 0) is 24.0 Å². The summed E-state index contributed by atoms with van der Waals surface area (Å²) in [5.41, 5.74) is 3.61. The van der Waals surface area contributed by atoms with E-state index in [1.807, 2.05) is 12.1 Å². The highest BCUT2D eigenvalue weighted by molar-refractivity contribution is 7.83. The molecular weight excluding hydrogens is 424 g/mol. The zero-order chi connectivity index (χ0) is 21.8. The van der Waals surface area contributed by atoms with Crippen molar-refractivity contribution in [3.05, 3.63) is 48.0 Å². The lowest BCUT2D eigenvalue weighted by atomic mass is 10.1. The summed E-state index contributed by atoms with van der Waals surface area (Å²) in [7, 11) is -3.37. The Balaban J connectivity index is 1.42. The van der Waals surface area contributed by atoms with E-state index in [1.54, 1.807) is 4.57 Å². The van der Waals surface area contributed by atoms with E-state index in [1.165, 1.54) is 23.8 Å². The van der Waals surface area contributed by atoms with Crippen LogP contribution in [0.3, 0.4) is 0 Å². The average Bonchev–Trinajstić information content (AvgIpc) is 3.44. The molecule has 0 bridgehead atoms. The minimum Gasteiger partial charge on any atom is -0.389 e. The van der Waals surface area contributed by atoms with Gasteiger partial charge in [0.25, 0.3) is 0 Å². The Morgan fingerprint density at radius 1 is 1.26 bits per heavy atom. The number of rotatable bonds is 5. The molecule has 3 heterocycles. The lowest BCUT2D eigenvalue weighted by Gasteiger charge is -2.23. The van der Waals surface area contributed by atoms with Crippen molar-refractivity contribution in [1.82, 2.24) is 23.8 Å². The number of aliphatic hydroxyl groups excluding tert-OH is 1. The number of aryl methyl sites for hydroxylation is 1. The fourth-order valence-electron chi connectivity index (χ4n) is 4.31. The minimum absolute atomic E-state index is 0.110. The summed E-state index contributed by atoms with van der Waals surface area (Å²) in [4.78, 5) is 13.1. The number of imidazole rings is 1. The number of benzene rings is 1. The van der Waals surface area contributed by atoms with Gasteiger partial charge in [-0.25, -0.2) is 15.0 Å². The fourth-order valence-corrected chi connectivity index (χ4v) is 4.76. The molecule has 11 nitrogen and oxygen atoms in total. The molecule has 0 amide bonds. The molecule has 0 saturated carbocycles. The molecule has 2 aliphatic rings. The second kappa shape index (κ2) is 7.50. The molecule has 0 unspecified atom stereocenters. The van der Waals surface area contributed by atoms with Gasteiger partial charge in [0.05, 0.1) is 18.5 Å². The van der Waals surface area contributed by atoms with E-state index in [0.29, 0.717) is 21.3 Å². The highest BCUT2D eigenvalue weighted by Crippen LogP contribution is 2.36. The number of fused-ring (bicyclic) bond motifs is 2. The zero-order valence-corrected chi connectivity index (χ0v) is 17.5. The van der Waals surface area contributed by atoms with E-state index < -0.39 is 28.9 Å². The van der Waals surface area contributed by atoms with Gasteiger partial charge in [-0.15, -0.1) is 0 Å². The molecule has 0 spiro atoms. The summed E-state index contributed by atoms with van der Waals surface area (Å²) in [6, 6.07) is 8.41. The number of hydrogen-bond donors (Lipinski definition) is 3.